The normalized spacial score (nSPS) is 17.0. The van der Waals surface area contributed by atoms with Gasteiger partial charge in [0, 0.05) is 24.6 Å². The van der Waals surface area contributed by atoms with E-state index in [2.05, 4.69) is 0 Å². The molecule has 28 heavy (non-hydrogen) atoms. The van der Waals surface area contributed by atoms with E-state index in [1.807, 2.05) is 54.8 Å². The molecular weight excluding hydrogens is 370 g/mol. The third-order valence-corrected chi connectivity index (χ3v) is 5.85. The highest BCUT2D eigenvalue weighted by atomic mass is 32.2. The van der Waals surface area contributed by atoms with Gasteiger partial charge < -0.3 is 9.32 Å². The Hall–Kier alpha value is -2.53. The van der Waals surface area contributed by atoms with E-state index in [1.165, 1.54) is 0 Å². The molecule has 1 aliphatic heterocycles. The van der Waals surface area contributed by atoms with Crippen molar-refractivity contribution in [1.29, 1.82) is 0 Å². The van der Waals surface area contributed by atoms with E-state index in [4.69, 9.17) is 4.42 Å². The third kappa shape index (κ3) is 3.85. The number of ketones is 1. The van der Waals surface area contributed by atoms with Crippen LogP contribution in [0.5, 0.6) is 0 Å². The molecule has 0 radical (unpaired) electrons. The number of amides is 1. The summed E-state index contributed by atoms with van der Waals surface area (Å²) < 4.78 is 5.67. The van der Waals surface area contributed by atoms with Crippen molar-refractivity contribution in [2.75, 3.05) is 19.3 Å². The molecule has 2 aromatic carbocycles. The molecule has 4 nitrogen and oxygen atoms in total. The van der Waals surface area contributed by atoms with E-state index < -0.39 is 0 Å². The first-order valence-corrected chi connectivity index (χ1v) is 10.9. The smallest absolute Gasteiger partial charge is 0.289 e. The summed E-state index contributed by atoms with van der Waals surface area (Å²) in [5.41, 5.74) is 0.721. The highest BCUT2D eigenvalue weighted by molar-refractivity contribution is 7.97. The van der Waals surface area contributed by atoms with Gasteiger partial charge in [0.25, 0.3) is 5.91 Å². The van der Waals surface area contributed by atoms with Crippen LogP contribution in [0.1, 0.15) is 39.5 Å². The van der Waals surface area contributed by atoms with Gasteiger partial charge in [0.2, 0.25) is 0 Å². The SMILES string of the molecule is CSCc1ccc(C(=O)N2CCC[C@H](C(=O)c3ccc4ccccc4c3)C2)o1. The summed E-state index contributed by atoms with van der Waals surface area (Å²) in [5, 5.41) is 2.19. The molecule has 0 spiro atoms. The Bertz CT molecular complexity index is 1010. The molecule has 1 fully saturated rings. The lowest BCUT2D eigenvalue weighted by Gasteiger charge is -2.31. The van der Waals surface area contributed by atoms with Crippen molar-refractivity contribution in [2.24, 2.45) is 5.92 Å². The number of likely N-dealkylation sites (tertiary alicyclic amines) is 1. The first-order chi connectivity index (χ1) is 13.7. The highest BCUT2D eigenvalue weighted by Gasteiger charge is 2.30. The molecule has 0 bridgehead atoms. The van der Waals surface area contributed by atoms with E-state index in [9.17, 15) is 9.59 Å². The van der Waals surface area contributed by atoms with Crippen molar-refractivity contribution in [3.8, 4) is 0 Å². The van der Waals surface area contributed by atoms with Crippen LogP contribution in [0.15, 0.2) is 59.0 Å². The lowest BCUT2D eigenvalue weighted by atomic mass is 9.89. The largest absolute Gasteiger partial charge is 0.455 e. The zero-order valence-corrected chi connectivity index (χ0v) is 16.7. The minimum atomic E-state index is -0.167. The molecule has 1 aliphatic rings. The summed E-state index contributed by atoms with van der Waals surface area (Å²) in [7, 11) is 0. The number of thioether (sulfide) groups is 1. The number of rotatable bonds is 5. The fourth-order valence-corrected chi connectivity index (χ4v) is 4.26. The van der Waals surface area contributed by atoms with Gasteiger partial charge in [0.1, 0.15) is 5.76 Å². The molecule has 1 amide bonds. The number of carbonyl (C=O) groups is 2. The van der Waals surface area contributed by atoms with Gasteiger partial charge in [0.05, 0.1) is 5.75 Å². The molecular formula is C23H23NO3S. The summed E-state index contributed by atoms with van der Waals surface area (Å²) in [4.78, 5) is 27.6. The average Bonchev–Trinajstić information content (AvgIpc) is 3.21. The summed E-state index contributed by atoms with van der Waals surface area (Å²) in [6, 6.07) is 17.5. The zero-order chi connectivity index (χ0) is 19.5. The van der Waals surface area contributed by atoms with Crippen LogP contribution in [0.3, 0.4) is 0 Å². The molecule has 5 heteroatoms. The first-order valence-electron chi connectivity index (χ1n) is 9.55. The van der Waals surface area contributed by atoms with Crippen molar-refractivity contribution in [3.63, 3.8) is 0 Å². The molecule has 0 saturated carbocycles. The number of fused-ring (bicyclic) bond motifs is 1. The van der Waals surface area contributed by atoms with Gasteiger partial charge in [-0.3, -0.25) is 9.59 Å². The van der Waals surface area contributed by atoms with Crippen LogP contribution in [0.25, 0.3) is 10.8 Å². The second-order valence-electron chi connectivity index (χ2n) is 7.22. The minimum Gasteiger partial charge on any atom is -0.455 e. The maximum absolute atomic E-state index is 13.1. The first kappa shape index (κ1) is 18.8. The zero-order valence-electron chi connectivity index (χ0n) is 15.9. The standard InChI is InChI=1S/C23H23NO3S/c1-28-15-20-10-11-21(27-20)23(26)24-12-4-7-19(14-24)22(25)18-9-8-16-5-2-3-6-17(16)13-18/h2-3,5-6,8-11,13,19H,4,7,12,14-15H2,1H3/t19-/m0/s1. The van der Waals surface area contributed by atoms with Crippen molar-refractivity contribution in [1.82, 2.24) is 4.90 Å². The number of hydrogen-bond acceptors (Lipinski definition) is 4. The van der Waals surface area contributed by atoms with Crippen LogP contribution in [0, 0.1) is 5.92 Å². The second-order valence-corrected chi connectivity index (χ2v) is 8.08. The second kappa shape index (κ2) is 8.23. The van der Waals surface area contributed by atoms with Gasteiger partial charge >= 0.3 is 0 Å². The summed E-state index contributed by atoms with van der Waals surface area (Å²) in [5.74, 6) is 1.74. The lowest BCUT2D eigenvalue weighted by molar-refractivity contribution is 0.0609. The topological polar surface area (TPSA) is 50.5 Å². The van der Waals surface area contributed by atoms with Gasteiger partial charge in [-0.2, -0.15) is 11.8 Å². The van der Waals surface area contributed by atoms with Gasteiger partial charge in [-0.1, -0.05) is 36.4 Å². The molecule has 2 heterocycles. The Labute approximate surface area is 168 Å². The summed E-state index contributed by atoms with van der Waals surface area (Å²) >= 11 is 1.65. The maximum atomic E-state index is 13.1. The summed E-state index contributed by atoms with van der Waals surface area (Å²) in [6.07, 6.45) is 3.64. The van der Waals surface area contributed by atoms with Crippen molar-refractivity contribution >= 4 is 34.2 Å². The van der Waals surface area contributed by atoms with E-state index in [-0.39, 0.29) is 17.6 Å². The lowest BCUT2D eigenvalue weighted by Crippen LogP contribution is -2.42. The van der Waals surface area contributed by atoms with Crippen LogP contribution in [-0.4, -0.2) is 35.9 Å². The Morgan fingerprint density at radius 1 is 1.11 bits per heavy atom. The fraction of sp³-hybridized carbons (Fsp3) is 0.304. The van der Waals surface area contributed by atoms with Crippen LogP contribution in [-0.2, 0) is 5.75 Å². The van der Waals surface area contributed by atoms with Crippen molar-refractivity contribution in [2.45, 2.75) is 18.6 Å². The molecule has 0 N–H and O–H groups in total. The Kier molecular flexibility index (Phi) is 5.53. The quantitative estimate of drug-likeness (QED) is 0.571. The number of Topliss-reactive ketones (excluding diaryl/α,β-unsaturated/α-hetero) is 1. The predicted molar refractivity (Wildman–Crippen MR) is 113 cm³/mol. The number of hydrogen-bond donors (Lipinski definition) is 0. The van der Waals surface area contributed by atoms with Crippen LogP contribution >= 0.6 is 11.8 Å². The Morgan fingerprint density at radius 3 is 2.75 bits per heavy atom. The Morgan fingerprint density at radius 2 is 1.93 bits per heavy atom. The Balaban J connectivity index is 1.49. The van der Waals surface area contributed by atoms with Crippen molar-refractivity contribution in [3.05, 3.63) is 71.7 Å². The highest BCUT2D eigenvalue weighted by Crippen LogP contribution is 2.25. The van der Waals surface area contributed by atoms with Gasteiger partial charge in [-0.25, -0.2) is 0 Å². The number of furan rings is 1. The number of benzene rings is 2. The molecule has 0 unspecified atom stereocenters. The third-order valence-electron chi connectivity index (χ3n) is 5.27. The van der Waals surface area contributed by atoms with E-state index in [0.29, 0.717) is 18.8 Å². The molecule has 144 valence electrons. The van der Waals surface area contributed by atoms with Gasteiger partial charge in [-0.05, 0) is 48.1 Å². The molecule has 1 saturated heterocycles. The molecule has 3 aromatic rings. The van der Waals surface area contributed by atoms with Gasteiger partial charge in [-0.15, -0.1) is 0 Å². The van der Waals surface area contributed by atoms with E-state index in [1.54, 1.807) is 22.7 Å². The van der Waals surface area contributed by atoms with E-state index in [0.717, 1.165) is 40.7 Å². The fourth-order valence-electron chi connectivity index (χ4n) is 3.82. The maximum Gasteiger partial charge on any atom is 0.289 e. The number of carbonyl (C=O) groups excluding carboxylic acids is 2. The number of piperidine rings is 1. The average molecular weight is 394 g/mol. The van der Waals surface area contributed by atoms with Crippen LogP contribution in [0.4, 0.5) is 0 Å². The molecule has 1 aromatic heterocycles. The van der Waals surface area contributed by atoms with Crippen LogP contribution in [0.2, 0.25) is 0 Å². The summed E-state index contributed by atoms with van der Waals surface area (Å²) in [6.45, 7) is 1.11. The monoisotopic (exact) mass is 393 g/mol. The predicted octanol–water partition coefficient (Wildman–Crippen LogP) is 5.03. The van der Waals surface area contributed by atoms with Crippen molar-refractivity contribution < 1.29 is 14.0 Å². The molecule has 4 rings (SSSR count). The van der Waals surface area contributed by atoms with Crippen LogP contribution < -0.4 is 0 Å². The molecule has 1 atom stereocenters. The molecule has 0 aliphatic carbocycles. The van der Waals surface area contributed by atoms with E-state index >= 15 is 0 Å². The number of nitrogens with zero attached hydrogens (tertiary/aromatic N) is 1. The van der Waals surface area contributed by atoms with Gasteiger partial charge in [0.15, 0.2) is 11.5 Å². The minimum absolute atomic E-state index is 0.116.